The molecule has 3 aromatic carbocycles. The zero-order chi connectivity index (χ0) is 24.6. The molecule has 4 rings (SSSR count). The number of pyridine rings is 1. The fourth-order valence-electron chi connectivity index (χ4n) is 3.26. The number of nitrogens with zero attached hydrogens (tertiary/aromatic N) is 2. The van der Waals surface area contributed by atoms with E-state index < -0.39 is 11.8 Å². The second-order valence-electron chi connectivity index (χ2n) is 7.31. The van der Waals surface area contributed by atoms with Crippen LogP contribution in [0.15, 0.2) is 72.9 Å². The second kappa shape index (κ2) is 11.0. The standard InChI is InChI=1S/C26H21FN4O4/c1-33-12-13-34-25-15-23-20(14-17(25)16-28)24(10-11-29-23)35-19-8-6-18(7-9-19)30-26(32)31-22-5-3-2-4-21(22)27/h2-11,14-15H,12-13H2,1H3,(H2,30,31,32). The van der Waals surface area contributed by atoms with Gasteiger partial charge < -0.3 is 24.8 Å². The molecule has 2 amide bonds. The molecule has 1 heterocycles. The quantitative estimate of drug-likeness (QED) is 0.318. The van der Waals surface area contributed by atoms with Gasteiger partial charge in [0.1, 0.15) is 35.7 Å². The van der Waals surface area contributed by atoms with Gasteiger partial charge in [-0.2, -0.15) is 5.26 Å². The number of ether oxygens (including phenoxy) is 3. The molecule has 0 aliphatic heterocycles. The number of carbonyl (C=O) groups excluding carboxylic acids is 1. The van der Waals surface area contributed by atoms with Crippen LogP contribution in [0.5, 0.6) is 17.2 Å². The summed E-state index contributed by atoms with van der Waals surface area (Å²) in [6.07, 6.45) is 1.60. The van der Waals surface area contributed by atoms with Gasteiger partial charge in [0.05, 0.1) is 23.4 Å². The van der Waals surface area contributed by atoms with E-state index in [9.17, 15) is 14.4 Å². The lowest BCUT2D eigenvalue weighted by Gasteiger charge is -2.12. The normalized spacial score (nSPS) is 10.4. The number of carbonyl (C=O) groups is 1. The van der Waals surface area contributed by atoms with Gasteiger partial charge in [0.2, 0.25) is 0 Å². The minimum Gasteiger partial charge on any atom is -0.490 e. The monoisotopic (exact) mass is 472 g/mol. The zero-order valence-electron chi connectivity index (χ0n) is 18.7. The number of methoxy groups -OCH3 is 1. The summed E-state index contributed by atoms with van der Waals surface area (Å²) in [5.41, 5.74) is 1.54. The van der Waals surface area contributed by atoms with Crippen molar-refractivity contribution < 1.29 is 23.4 Å². The van der Waals surface area contributed by atoms with Crippen molar-refractivity contribution in [3.63, 3.8) is 0 Å². The molecule has 0 saturated carbocycles. The van der Waals surface area contributed by atoms with Crippen LogP contribution >= 0.6 is 0 Å². The highest BCUT2D eigenvalue weighted by molar-refractivity contribution is 5.99. The number of hydrogen-bond donors (Lipinski definition) is 2. The Hall–Kier alpha value is -4.68. The van der Waals surface area contributed by atoms with E-state index in [1.54, 1.807) is 67.9 Å². The summed E-state index contributed by atoms with van der Waals surface area (Å²) in [6, 6.07) is 19.2. The lowest BCUT2D eigenvalue weighted by Crippen LogP contribution is -2.19. The SMILES string of the molecule is COCCOc1cc2nccc(Oc3ccc(NC(=O)Nc4ccccc4F)cc3)c2cc1C#N. The molecule has 0 aliphatic rings. The number of urea groups is 1. The van der Waals surface area contributed by atoms with E-state index in [4.69, 9.17) is 14.2 Å². The number of hydrogen-bond acceptors (Lipinski definition) is 6. The molecule has 4 aromatic rings. The summed E-state index contributed by atoms with van der Waals surface area (Å²) in [6.45, 7) is 0.709. The maximum Gasteiger partial charge on any atom is 0.323 e. The fourth-order valence-corrected chi connectivity index (χ4v) is 3.26. The van der Waals surface area contributed by atoms with Crippen LogP contribution in [0.25, 0.3) is 10.9 Å². The third kappa shape index (κ3) is 5.82. The van der Waals surface area contributed by atoms with E-state index in [0.29, 0.717) is 52.6 Å². The average Bonchev–Trinajstić information content (AvgIpc) is 2.86. The predicted molar refractivity (Wildman–Crippen MR) is 129 cm³/mol. The predicted octanol–water partition coefficient (Wildman–Crippen LogP) is 5.71. The largest absolute Gasteiger partial charge is 0.490 e. The Morgan fingerprint density at radius 1 is 1.03 bits per heavy atom. The van der Waals surface area contributed by atoms with Crippen LogP contribution in [-0.4, -0.2) is 31.3 Å². The van der Waals surface area contributed by atoms with Crippen molar-refractivity contribution in [2.45, 2.75) is 0 Å². The molecule has 0 bridgehead atoms. The Kier molecular flexibility index (Phi) is 7.35. The van der Waals surface area contributed by atoms with Crippen molar-refractivity contribution in [3.8, 4) is 23.3 Å². The number of nitriles is 1. The highest BCUT2D eigenvalue weighted by Crippen LogP contribution is 2.33. The van der Waals surface area contributed by atoms with Crippen LogP contribution in [0.2, 0.25) is 0 Å². The molecule has 0 saturated heterocycles. The Bertz CT molecular complexity index is 1390. The summed E-state index contributed by atoms with van der Waals surface area (Å²) in [4.78, 5) is 16.5. The van der Waals surface area contributed by atoms with E-state index in [-0.39, 0.29) is 5.69 Å². The van der Waals surface area contributed by atoms with Crippen LogP contribution in [-0.2, 0) is 4.74 Å². The topological polar surface area (TPSA) is 106 Å². The molecular formula is C26H21FN4O4. The first-order chi connectivity index (χ1) is 17.1. The number of anilines is 2. The van der Waals surface area contributed by atoms with Gasteiger partial charge in [-0.1, -0.05) is 12.1 Å². The molecule has 1 aromatic heterocycles. The van der Waals surface area contributed by atoms with Gasteiger partial charge in [-0.25, -0.2) is 9.18 Å². The summed E-state index contributed by atoms with van der Waals surface area (Å²) < 4.78 is 30.3. The van der Waals surface area contributed by atoms with Crippen molar-refractivity contribution in [1.82, 2.24) is 4.98 Å². The van der Waals surface area contributed by atoms with Crippen molar-refractivity contribution in [2.75, 3.05) is 31.0 Å². The van der Waals surface area contributed by atoms with Crippen LogP contribution in [0.3, 0.4) is 0 Å². The maximum atomic E-state index is 13.7. The number of fused-ring (bicyclic) bond motifs is 1. The van der Waals surface area contributed by atoms with Gasteiger partial charge in [0, 0.05) is 30.4 Å². The van der Waals surface area contributed by atoms with Gasteiger partial charge in [-0.15, -0.1) is 0 Å². The molecule has 0 spiro atoms. The molecule has 2 N–H and O–H groups in total. The summed E-state index contributed by atoms with van der Waals surface area (Å²) in [7, 11) is 1.57. The van der Waals surface area contributed by atoms with Crippen LogP contribution in [0.4, 0.5) is 20.6 Å². The second-order valence-corrected chi connectivity index (χ2v) is 7.31. The van der Waals surface area contributed by atoms with Gasteiger partial charge in [-0.05, 0) is 48.5 Å². The van der Waals surface area contributed by atoms with Gasteiger partial charge in [0.15, 0.2) is 0 Å². The van der Waals surface area contributed by atoms with Crippen molar-refractivity contribution in [2.24, 2.45) is 0 Å². The third-order valence-corrected chi connectivity index (χ3v) is 4.93. The molecule has 0 atom stereocenters. The van der Waals surface area contributed by atoms with Crippen molar-refractivity contribution >= 4 is 28.3 Å². The molecule has 0 radical (unpaired) electrons. The molecule has 0 fully saturated rings. The van der Waals surface area contributed by atoms with Crippen LogP contribution < -0.4 is 20.1 Å². The first-order valence-electron chi connectivity index (χ1n) is 10.6. The minimum atomic E-state index is -0.573. The molecule has 9 heteroatoms. The Morgan fingerprint density at radius 2 is 1.83 bits per heavy atom. The van der Waals surface area contributed by atoms with Crippen molar-refractivity contribution in [3.05, 3.63) is 84.3 Å². The Balaban J connectivity index is 1.47. The highest BCUT2D eigenvalue weighted by Gasteiger charge is 2.12. The van der Waals surface area contributed by atoms with Gasteiger partial charge in [-0.3, -0.25) is 4.98 Å². The summed E-state index contributed by atoms with van der Waals surface area (Å²) in [5.74, 6) is 0.916. The lowest BCUT2D eigenvalue weighted by atomic mass is 10.1. The van der Waals surface area contributed by atoms with E-state index >= 15 is 0 Å². The summed E-state index contributed by atoms with van der Waals surface area (Å²) >= 11 is 0. The van der Waals surface area contributed by atoms with E-state index in [1.807, 2.05) is 0 Å². The van der Waals surface area contributed by atoms with Crippen molar-refractivity contribution in [1.29, 1.82) is 5.26 Å². The number of rotatable bonds is 8. The number of amides is 2. The van der Waals surface area contributed by atoms with Crippen LogP contribution in [0, 0.1) is 17.1 Å². The number of para-hydroxylation sites is 1. The number of nitrogens with one attached hydrogen (secondary N) is 2. The average molecular weight is 472 g/mol. The molecule has 8 nitrogen and oxygen atoms in total. The fraction of sp³-hybridized carbons (Fsp3) is 0.115. The highest BCUT2D eigenvalue weighted by atomic mass is 19.1. The zero-order valence-corrected chi connectivity index (χ0v) is 18.7. The van der Waals surface area contributed by atoms with E-state index in [0.717, 1.165) is 0 Å². The Labute approximate surface area is 200 Å². The molecule has 0 aliphatic carbocycles. The summed E-state index contributed by atoms with van der Waals surface area (Å²) in [5, 5.41) is 15.3. The molecule has 0 unspecified atom stereocenters. The van der Waals surface area contributed by atoms with E-state index in [1.165, 1.54) is 12.1 Å². The number of benzene rings is 3. The maximum absolute atomic E-state index is 13.7. The minimum absolute atomic E-state index is 0.0820. The first kappa shape index (κ1) is 23.5. The molecule has 35 heavy (non-hydrogen) atoms. The smallest absolute Gasteiger partial charge is 0.323 e. The Morgan fingerprint density at radius 3 is 2.57 bits per heavy atom. The first-order valence-corrected chi connectivity index (χ1v) is 10.6. The third-order valence-electron chi connectivity index (χ3n) is 4.93. The van der Waals surface area contributed by atoms with E-state index in [2.05, 4.69) is 21.7 Å². The van der Waals surface area contributed by atoms with Crippen LogP contribution in [0.1, 0.15) is 5.56 Å². The molecule has 176 valence electrons. The number of aromatic nitrogens is 1. The molecular weight excluding hydrogens is 451 g/mol. The lowest BCUT2D eigenvalue weighted by molar-refractivity contribution is 0.146. The number of halogens is 1. The van der Waals surface area contributed by atoms with Gasteiger partial charge in [0.25, 0.3) is 0 Å². The van der Waals surface area contributed by atoms with Gasteiger partial charge >= 0.3 is 6.03 Å².